The average molecular weight is 118 g/mol. The quantitative estimate of drug-likeness (QED) is 0.325. The molecule has 0 rings (SSSR count). The maximum absolute atomic E-state index is 7.83. The van der Waals surface area contributed by atoms with Gasteiger partial charge in [-0.05, 0) is 13.8 Å². The molecular formula is C4H10O2Si. The van der Waals surface area contributed by atoms with Crippen molar-refractivity contribution in [1.29, 1.82) is 0 Å². The van der Waals surface area contributed by atoms with E-state index in [0.29, 0.717) is 0 Å². The van der Waals surface area contributed by atoms with Gasteiger partial charge in [-0.1, -0.05) is 11.3 Å². The van der Waals surface area contributed by atoms with Crippen LogP contribution in [0, 0.1) is 0 Å². The van der Waals surface area contributed by atoms with Crippen LogP contribution in [0.2, 0.25) is 0 Å². The lowest BCUT2D eigenvalue weighted by Gasteiger charge is -1.85. The number of hydrogen-bond donors (Lipinski definition) is 1. The maximum Gasteiger partial charge on any atom is 0.232 e. The van der Waals surface area contributed by atoms with Crippen molar-refractivity contribution in [2.45, 2.75) is 13.8 Å². The molecule has 1 N–H and O–H groups in total. The fraction of sp³-hybridized carbons (Fsp3) is 0.500. The maximum atomic E-state index is 7.83. The van der Waals surface area contributed by atoms with Gasteiger partial charge >= 0.3 is 0 Å². The molecule has 0 fully saturated rings. The Labute approximate surface area is 45.7 Å². The van der Waals surface area contributed by atoms with E-state index in [9.17, 15) is 0 Å². The van der Waals surface area contributed by atoms with E-state index in [1.807, 2.05) is 19.5 Å². The van der Waals surface area contributed by atoms with Gasteiger partial charge < -0.3 is 0 Å². The molecule has 0 aliphatic heterocycles. The van der Waals surface area contributed by atoms with E-state index in [2.05, 4.69) is 4.58 Å². The molecule has 7 heavy (non-hydrogen) atoms. The summed E-state index contributed by atoms with van der Waals surface area (Å²) in [6.07, 6.45) is 0. The smallest absolute Gasteiger partial charge is 0.232 e. The highest BCUT2D eigenvalue weighted by Gasteiger charge is 1.76. The summed E-state index contributed by atoms with van der Waals surface area (Å²) in [7, 11) is -0.732. The molecular weight excluding hydrogens is 108 g/mol. The summed E-state index contributed by atoms with van der Waals surface area (Å²) in [4.78, 5) is 0. The van der Waals surface area contributed by atoms with Crippen LogP contribution in [0.5, 0.6) is 0 Å². The van der Waals surface area contributed by atoms with Crippen LogP contribution >= 0.6 is 0 Å². The summed E-state index contributed by atoms with van der Waals surface area (Å²) in [6, 6.07) is 0. The summed E-state index contributed by atoms with van der Waals surface area (Å²) >= 11 is 0. The fourth-order valence-electron chi connectivity index (χ4n) is 0.204. The van der Waals surface area contributed by atoms with E-state index in [-0.39, 0.29) is 0 Å². The van der Waals surface area contributed by atoms with Crippen molar-refractivity contribution in [1.82, 2.24) is 0 Å². The first-order valence-corrected chi connectivity index (χ1v) is 3.56. The molecule has 0 amide bonds. The van der Waals surface area contributed by atoms with Crippen LogP contribution < -0.4 is 0 Å². The monoisotopic (exact) mass is 118 g/mol. The van der Waals surface area contributed by atoms with Gasteiger partial charge in [-0.2, -0.15) is 0 Å². The van der Waals surface area contributed by atoms with E-state index in [1.54, 1.807) is 0 Å². The zero-order chi connectivity index (χ0) is 5.70. The van der Waals surface area contributed by atoms with Crippen LogP contribution in [0.3, 0.4) is 0 Å². The third-order valence-electron chi connectivity index (χ3n) is 0.566. The standard InChI is InChI=1S/C4H10O2Si/c1-4(2)3-7-6-5/h3,5H,7H2,1-2H3. The molecule has 0 unspecified atom stereocenters. The lowest BCUT2D eigenvalue weighted by Crippen LogP contribution is -1.87. The minimum absolute atomic E-state index is 0.732. The Morgan fingerprint density at radius 3 is 2.43 bits per heavy atom. The van der Waals surface area contributed by atoms with Crippen molar-refractivity contribution in [2.75, 3.05) is 0 Å². The molecule has 2 nitrogen and oxygen atoms in total. The topological polar surface area (TPSA) is 29.5 Å². The van der Waals surface area contributed by atoms with Crippen LogP contribution in [0.1, 0.15) is 13.8 Å². The predicted octanol–water partition coefficient (Wildman–Crippen LogP) is 0.483. The molecule has 0 atom stereocenters. The molecule has 0 heterocycles. The zero-order valence-electron chi connectivity index (χ0n) is 4.64. The van der Waals surface area contributed by atoms with Gasteiger partial charge in [-0.3, -0.25) is 9.83 Å². The van der Waals surface area contributed by atoms with E-state index in [0.717, 1.165) is 0 Å². The van der Waals surface area contributed by atoms with Crippen LogP contribution in [0.4, 0.5) is 0 Å². The third-order valence-corrected chi connectivity index (χ3v) is 1.70. The molecule has 42 valence electrons. The van der Waals surface area contributed by atoms with Gasteiger partial charge in [-0.25, -0.2) is 0 Å². The van der Waals surface area contributed by atoms with Crippen molar-refractivity contribution in [2.24, 2.45) is 0 Å². The molecule has 0 saturated heterocycles. The highest BCUT2D eigenvalue weighted by molar-refractivity contribution is 6.34. The second-order valence-electron chi connectivity index (χ2n) is 1.58. The van der Waals surface area contributed by atoms with E-state index in [1.165, 1.54) is 5.57 Å². The largest absolute Gasteiger partial charge is 0.292 e. The molecule has 0 aromatic heterocycles. The van der Waals surface area contributed by atoms with E-state index < -0.39 is 9.76 Å². The minimum atomic E-state index is -0.732. The summed E-state index contributed by atoms with van der Waals surface area (Å²) in [5.74, 6) is 0. The highest BCUT2D eigenvalue weighted by Crippen LogP contribution is 1.83. The Balaban J connectivity index is 3.08. The molecule has 0 saturated carbocycles. The Kier molecular flexibility index (Phi) is 3.98. The van der Waals surface area contributed by atoms with Crippen molar-refractivity contribution < 1.29 is 9.83 Å². The second-order valence-corrected chi connectivity index (χ2v) is 2.58. The summed E-state index contributed by atoms with van der Waals surface area (Å²) in [5.41, 5.74) is 3.14. The molecule has 0 aromatic rings. The molecule has 0 spiro atoms. The molecule has 0 bridgehead atoms. The van der Waals surface area contributed by atoms with Crippen molar-refractivity contribution in [3.8, 4) is 0 Å². The zero-order valence-corrected chi connectivity index (χ0v) is 6.05. The van der Waals surface area contributed by atoms with Gasteiger partial charge in [0.1, 0.15) is 0 Å². The first-order chi connectivity index (χ1) is 3.27. The van der Waals surface area contributed by atoms with Gasteiger partial charge in [0.2, 0.25) is 9.76 Å². The van der Waals surface area contributed by atoms with Gasteiger partial charge in [-0.15, -0.1) is 0 Å². The van der Waals surface area contributed by atoms with Crippen molar-refractivity contribution in [3.05, 3.63) is 11.3 Å². The van der Waals surface area contributed by atoms with Crippen LogP contribution in [0.25, 0.3) is 0 Å². The summed E-state index contributed by atoms with van der Waals surface area (Å²) in [6.45, 7) is 3.96. The Morgan fingerprint density at radius 2 is 2.29 bits per heavy atom. The van der Waals surface area contributed by atoms with Gasteiger partial charge in [0.15, 0.2) is 0 Å². The Bertz CT molecular complexity index is 66.1. The van der Waals surface area contributed by atoms with Gasteiger partial charge in [0, 0.05) is 0 Å². The highest BCUT2D eigenvalue weighted by atomic mass is 28.2. The second kappa shape index (κ2) is 4.05. The SMILES string of the molecule is CC(C)=C[SiH2]OO. The lowest BCUT2D eigenvalue weighted by atomic mass is 10.4. The van der Waals surface area contributed by atoms with Crippen LogP contribution in [0.15, 0.2) is 11.3 Å². The molecule has 0 aromatic carbocycles. The summed E-state index contributed by atoms with van der Waals surface area (Å²) in [5, 5.41) is 7.83. The van der Waals surface area contributed by atoms with Gasteiger partial charge in [0.25, 0.3) is 0 Å². The molecule has 0 aliphatic carbocycles. The predicted molar refractivity (Wildman–Crippen MR) is 31.7 cm³/mol. The number of hydrogen-bond acceptors (Lipinski definition) is 2. The van der Waals surface area contributed by atoms with Crippen molar-refractivity contribution >= 4 is 9.76 Å². The fourth-order valence-corrected chi connectivity index (χ4v) is 0.612. The Morgan fingerprint density at radius 1 is 1.71 bits per heavy atom. The summed E-state index contributed by atoms with van der Waals surface area (Å²) < 4.78 is 3.92. The van der Waals surface area contributed by atoms with Crippen LogP contribution in [-0.2, 0) is 4.58 Å². The molecule has 3 heteroatoms. The van der Waals surface area contributed by atoms with E-state index in [4.69, 9.17) is 5.26 Å². The number of allylic oxidation sites excluding steroid dienone is 1. The average Bonchev–Trinajstić information content (AvgIpc) is 1.61. The minimum Gasteiger partial charge on any atom is -0.292 e. The van der Waals surface area contributed by atoms with Crippen LogP contribution in [-0.4, -0.2) is 15.0 Å². The first-order valence-electron chi connectivity index (χ1n) is 2.17. The van der Waals surface area contributed by atoms with Gasteiger partial charge in [0.05, 0.1) is 0 Å². The van der Waals surface area contributed by atoms with Crippen molar-refractivity contribution in [3.63, 3.8) is 0 Å². The lowest BCUT2D eigenvalue weighted by molar-refractivity contribution is -0.136. The molecule has 0 aliphatic rings. The normalized spacial score (nSPS) is 10.1. The third kappa shape index (κ3) is 5.88. The first kappa shape index (κ1) is 6.88. The Hall–Kier alpha value is -0.123. The molecule has 0 radical (unpaired) electrons. The number of rotatable bonds is 2. The van der Waals surface area contributed by atoms with E-state index >= 15 is 0 Å².